The largest absolute Gasteiger partial charge is 0.256 e. The molecular weight excluding hydrogens is 122 g/mol. The highest BCUT2D eigenvalue weighted by molar-refractivity contribution is 5.77. The van der Waals surface area contributed by atoms with E-state index in [9.17, 15) is 0 Å². The lowest BCUT2D eigenvalue weighted by molar-refractivity contribution is 1.41. The molecule has 1 heteroatoms. The first-order valence-electron chi connectivity index (χ1n) is 3.26. The lowest BCUT2D eigenvalue weighted by Gasteiger charge is -1.91. The number of benzene rings is 1. The van der Waals surface area contributed by atoms with Gasteiger partial charge in [-0.2, -0.15) is 0 Å². The fourth-order valence-electron chi connectivity index (χ4n) is 1.02. The van der Waals surface area contributed by atoms with Crippen LogP contribution in [0.2, 0.25) is 0 Å². The van der Waals surface area contributed by atoms with E-state index in [1.54, 1.807) is 0 Å². The molecule has 0 aliphatic carbocycles. The number of nitrogens with zero attached hydrogens (tertiary/aromatic N) is 1. The van der Waals surface area contributed by atoms with Gasteiger partial charge in [-0.1, -0.05) is 24.3 Å². The maximum atomic E-state index is 4.18. The van der Waals surface area contributed by atoms with Gasteiger partial charge in [0.2, 0.25) is 0 Å². The molecule has 1 heterocycles. The first kappa shape index (κ1) is 5.42. The Morgan fingerprint density at radius 1 is 1.00 bits per heavy atom. The van der Waals surface area contributed by atoms with Crippen LogP contribution in [0.5, 0.6) is 0 Å². The van der Waals surface area contributed by atoms with E-state index in [1.165, 1.54) is 5.39 Å². The Bertz CT molecular complexity index is 284. The lowest BCUT2D eigenvalue weighted by atomic mass is 10.2. The fraction of sp³-hybridized carbons (Fsp3) is 0. The number of hydrogen-bond acceptors (Lipinski definition) is 1. The molecule has 0 bridgehead atoms. The van der Waals surface area contributed by atoms with Crippen LogP contribution in [0.3, 0.4) is 0 Å². The topological polar surface area (TPSA) is 12.9 Å². The third-order valence-electron chi connectivity index (χ3n) is 1.51. The minimum absolute atomic E-state index is 0. The summed E-state index contributed by atoms with van der Waals surface area (Å²) < 4.78 is 0. The summed E-state index contributed by atoms with van der Waals surface area (Å²) in [6.07, 6.45) is 1.81. The Balaban J connectivity index is 0.000000605. The minimum Gasteiger partial charge on any atom is -0.256 e. The van der Waals surface area contributed by atoms with E-state index in [-0.39, 0.29) is 2.85 Å². The summed E-state index contributed by atoms with van der Waals surface area (Å²) in [7, 11) is 0. The lowest BCUT2D eigenvalue weighted by Crippen LogP contribution is -1.73. The van der Waals surface area contributed by atoms with Crippen LogP contribution in [-0.2, 0) is 0 Å². The van der Waals surface area contributed by atoms with E-state index >= 15 is 0 Å². The Morgan fingerprint density at radius 3 is 2.70 bits per heavy atom. The molecule has 0 amide bonds. The van der Waals surface area contributed by atoms with E-state index in [0.29, 0.717) is 0 Å². The first-order chi connectivity index (χ1) is 4.97. The van der Waals surface area contributed by atoms with Gasteiger partial charge >= 0.3 is 0 Å². The average Bonchev–Trinajstić information content (AvgIpc) is 2.05. The zero-order chi connectivity index (χ0) is 6.81. The van der Waals surface area contributed by atoms with Crippen molar-refractivity contribution < 1.29 is 2.85 Å². The van der Waals surface area contributed by atoms with Crippen LogP contribution in [0.25, 0.3) is 10.9 Å². The van der Waals surface area contributed by atoms with Gasteiger partial charge in [-0.15, -0.1) is 0 Å². The second-order valence-corrected chi connectivity index (χ2v) is 2.20. The Hall–Kier alpha value is -1.37. The molecule has 0 aliphatic heterocycles. The first-order valence-corrected chi connectivity index (χ1v) is 3.26. The number of pyridine rings is 1. The van der Waals surface area contributed by atoms with Crippen LogP contribution < -0.4 is 0 Å². The number of fused-ring (bicyclic) bond motifs is 1. The van der Waals surface area contributed by atoms with Crippen molar-refractivity contribution in [2.45, 2.75) is 0 Å². The van der Waals surface area contributed by atoms with Crippen LogP contribution in [-0.4, -0.2) is 4.98 Å². The maximum absolute atomic E-state index is 4.18. The van der Waals surface area contributed by atoms with Gasteiger partial charge in [0.25, 0.3) is 0 Å². The molecule has 52 valence electrons. The van der Waals surface area contributed by atoms with Gasteiger partial charge < -0.3 is 0 Å². The van der Waals surface area contributed by atoms with Gasteiger partial charge in [0, 0.05) is 14.4 Å². The van der Waals surface area contributed by atoms with Gasteiger partial charge in [-0.05, 0) is 12.1 Å². The van der Waals surface area contributed by atoms with Crippen molar-refractivity contribution in [3.8, 4) is 0 Å². The van der Waals surface area contributed by atoms with Gasteiger partial charge in [0.15, 0.2) is 0 Å². The minimum atomic E-state index is 0. The number of para-hydroxylation sites is 1. The standard InChI is InChI=1S/C9H7N.2H2/c1-2-6-9-8(4-1)5-3-7-10-9;;/h1-7H;2*1H. The fourth-order valence-corrected chi connectivity index (χ4v) is 1.02. The highest BCUT2D eigenvalue weighted by atomic mass is 14.6. The molecule has 2 rings (SSSR count). The molecule has 0 N–H and O–H groups in total. The molecule has 2 aromatic rings. The van der Waals surface area contributed by atoms with E-state index in [2.05, 4.69) is 17.1 Å². The van der Waals surface area contributed by atoms with E-state index in [4.69, 9.17) is 0 Å². The smallest absolute Gasteiger partial charge is 0.0701 e. The van der Waals surface area contributed by atoms with Crippen LogP contribution in [0, 0.1) is 0 Å². The highest BCUT2D eigenvalue weighted by Gasteiger charge is 1.86. The van der Waals surface area contributed by atoms with Crippen molar-refractivity contribution in [3.63, 3.8) is 0 Å². The van der Waals surface area contributed by atoms with Crippen molar-refractivity contribution in [2.75, 3.05) is 0 Å². The second kappa shape index (κ2) is 2.10. The molecular formula is C9H11N. The van der Waals surface area contributed by atoms with Crippen LogP contribution in [0.4, 0.5) is 0 Å². The van der Waals surface area contributed by atoms with E-state index in [1.807, 2.05) is 30.5 Å². The summed E-state index contributed by atoms with van der Waals surface area (Å²) in [5.74, 6) is 0. The monoisotopic (exact) mass is 133 g/mol. The highest BCUT2D eigenvalue weighted by Crippen LogP contribution is 2.07. The van der Waals surface area contributed by atoms with Crippen LogP contribution in [0.1, 0.15) is 2.85 Å². The van der Waals surface area contributed by atoms with Gasteiger partial charge in [0.05, 0.1) is 5.52 Å². The molecule has 1 aromatic heterocycles. The summed E-state index contributed by atoms with van der Waals surface area (Å²) in [5.41, 5.74) is 1.06. The van der Waals surface area contributed by atoms with Crippen LogP contribution in [0.15, 0.2) is 42.6 Å². The molecule has 1 aromatic carbocycles. The second-order valence-electron chi connectivity index (χ2n) is 2.20. The molecule has 0 atom stereocenters. The Kier molecular flexibility index (Phi) is 1.14. The molecule has 10 heavy (non-hydrogen) atoms. The van der Waals surface area contributed by atoms with Crippen molar-refractivity contribution in [2.24, 2.45) is 0 Å². The summed E-state index contributed by atoms with van der Waals surface area (Å²) >= 11 is 0. The summed E-state index contributed by atoms with van der Waals surface area (Å²) in [5, 5.41) is 1.20. The normalized spacial score (nSPS) is 10.0. The molecule has 0 saturated carbocycles. The zero-order valence-corrected chi connectivity index (χ0v) is 5.49. The third kappa shape index (κ3) is 0.760. The molecule has 0 spiro atoms. The van der Waals surface area contributed by atoms with Crippen molar-refractivity contribution >= 4 is 10.9 Å². The van der Waals surface area contributed by atoms with Crippen molar-refractivity contribution in [3.05, 3.63) is 42.6 Å². The Morgan fingerprint density at radius 2 is 1.80 bits per heavy atom. The number of rotatable bonds is 0. The maximum Gasteiger partial charge on any atom is 0.0701 e. The summed E-state index contributed by atoms with van der Waals surface area (Å²) in [6.45, 7) is 0. The summed E-state index contributed by atoms with van der Waals surface area (Å²) in [6, 6.07) is 12.1. The molecule has 0 radical (unpaired) electrons. The van der Waals surface area contributed by atoms with E-state index in [0.717, 1.165) is 5.52 Å². The van der Waals surface area contributed by atoms with Crippen LogP contribution >= 0.6 is 0 Å². The molecule has 0 fully saturated rings. The van der Waals surface area contributed by atoms with Gasteiger partial charge in [-0.25, -0.2) is 0 Å². The Labute approximate surface area is 62.3 Å². The molecule has 0 aliphatic rings. The quantitative estimate of drug-likeness (QED) is 0.538. The summed E-state index contributed by atoms with van der Waals surface area (Å²) in [4.78, 5) is 4.18. The van der Waals surface area contributed by atoms with Gasteiger partial charge in [-0.3, -0.25) is 4.98 Å². The number of aromatic nitrogens is 1. The molecule has 1 nitrogen and oxygen atoms in total. The van der Waals surface area contributed by atoms with E-state index < -0.39 is 0 Å². The van der Waals surface area contributed by atoms with Gasteiger partial charge in [0.1, 0.15) is 0 Å². The van der Waals surface area contributed by atoms with Crippen molar-refractivity contribution in [1.82, 2.24) is 4.98 Å². The third-order valence-corrected chi connectivity index (χ3v) is 1.51. The predicted octanol–water partition coefficient (Wildman–Crippen LogP) is 2.73. The van der Waals surface area contributed by atoms with Crippen molar-refractivity contribution in [1.29, 1.82) is 0 Å². The number of hydrogen-bond donors (Lipinski definition) is 0. The zero-order valence-electron chi connectivity index (χ0n) is 5.49. The SMILES string of the molecule is [HH].[HH].c1ccc2ncccc2c1. The molecule has 0 saturated heterocycles. The predicted molar refractivity (Wildman–Crippen MR) is 46.0 cm³/mol. The molecule has 0 unspecified atom stereocenters. The average molecular weight is 133 g/mol.